The number of nitrogens with one attached hydrogen (secondary N) is 1. The number of ether oxygens (including phenoxy) is 1. The van der Waals surface area contributed by atoms with Crippen LogP contribution in [0.1, 0.15) is 19.8 Å². The van der Waals surface area contributed by atoms with Crippen LogP contribution in [-0.4, -0.2) is 44.1 Å². The number of nitrogens with zero attached hydrogens (tertiary/aromatic N) is 1. The number of benzene rings is 1. The molecule has 1 atom stereocenters. The number of carbonyl (C=O) groups excluding carboxylic acids is 1. The molecule has 1 aliphatic heterocycles. The first kappa shape index (κ1) is 17.1. The van der Waals surface area contributed by atoms with Gasteiger partial charge in [0.05, 0.1) is 12.1 Å². The van der Waals surface area contributed by atoms with E-state index in [2.05, 4.69) is 5.32 Å². The van der Waals surface area contributed by atoms with Crippen molar-refractivity contribution >= 4 is 33.2 Å². The molecule has 1 aromatic rings. The second kappa shape index (κ2) is 6.06. The van der Waals surface area contributed by atoms with Crippen LogP contribution in [0.3, 0.4) is 0 Å². The molecule has 1 unspecified atom stereocenters. The number of anilines is 1. The summed E-state index contributed by atoms with van der Waals surface area (Å²) in [6, 6.07) is 4.76. The van der Waals surface area contributed by atoms with Crippen LogP contribution in [0.25, 0.3) is 0 Å². The highest BCUT2D eigenvalue weighted by atomic mass is 35.5. The molecule has 0 saturated carbocycles. The van der Waals surface area contributed by atoms with E-state index in [1.54, 1.807) is 12.1 Å². The Bertz CT molecular complexity index is 692. The Morgan fingerprint density at radius 2 is 2.14 bits per heavy atom. The van der Waals surface area contributed by atoms with Gasteiger partial charge in [-0.3, -0.25) is 4.79 Å². The lowest BCUT2D eigenvalue weighted by atomic mass is 10.0. The van der Waals surface area contributed by atoms with E-state index in [4.69, 9.17) is 16.3 Å². The number of sulfonamides is 1. The zero-order valence-electron chi connectivity index (χ0n) is 12.7. The summed E-state index contributed by atoms with van der Waals surface area (Å²) in [4.78, 5) is 12.5. The lowest BCUT2D eigenvalue weighted by Gasteiger charge is -2.36. The highest BCUT2D eigenvalue weighted by Gasteiger charge is 2.50. The average Bonchev–Trinajstić information content (AvgIpc) is 2.45. The molecule has 0 spiro atoms. The van der Waals surface area contributed by atoms with Crippen LogP contribution in [0.2, 0.25) is 5.02 Å². The second-order valence-corrected chi connectivity index (χ2v) is 8.35. The average molecular weight is 347 g/mol. The van der Waals surface area contributed by atoms with Gasteiger partial charge in [-0.05, 0) is 38.0 Å². The molecule has 122 valence electrons. The van der Waals surface area contributed by atoms with Crippen molar-refractivity contribution in [3.05, 3.63) is 23.2 Å². The van der Waals surface area contributed by atoms with Crippen LogP contribution in [-0.2, 0) is 14.8 Å². The number of hydrogen-bond acceptors (Lipinski definition) is 4. The Labute approximate surface area is 135 Å². The van der Waals surface area contributed by atoms with E-state index in [0.717, 1.165) is 0 Å². The fourth-order valence-corrected chi connectivity index (χ4v) is 4.47. The Kier molecular flexibility index (Phi) is 4.70. The normalized spacial score (nSPS) is 24.7. The summed E-state index contributed by atoms with van der Waals surface area (Å²) in [5.41, 5.74) is 0.431. The summed E-state index contributed by atoms with van der Waals surface area (Å²) < 4.78 is 29.7. The van der Waals surface area contributed by atoms with Crippen molar-refractivity contribution in [3.63, 3.8) is 0 Å². The summed E-state index contributed by atoms with van der Waals surface area (Å²) in [6.07, 6.45) is 0.929. The Morgan fingerprint density at radius 1 is 1.45 bits per heavy atom. The van der Waals surface area contributed by atoms with Crippen molar-refractivity contribution < 1.29 is 17.9 Å². The zero-order valence-corrected chi connectivity index (χ0v) is 14.3. The smallest absolute Gasteiger partial charge is 0.246 e. The highest BCUT2D eigenvalue weighted by Crippen LogP contribution is 2.33. The van der Waals surface area contributed by atoms with Gasteiger partial charge in [-0.2, -0.15) is 0 Å². The molecule has 1 N–H and O–H groups in total. The lowest BCUT2D eigenvalue weighted by molar-refractivity contribution is -0.118. The number of halogens is 1. The van der Waals surface area contributed by atoms with Gasteiger partial charge in [0.2, 0.25) is 15.9 Å². The standard InChI is InChI=1S/C14H19ClN2O4S/c1-14(7-4-8-17(2)22(14,19)20)13(18)16-10-5-6-12(21-3)11(15)9-10/h5-6,9H,4,7-8H2,1-3H3,(H,16,18). The number of amides is 1. The van der Waals surface area contributed by atoms with Gasteiger partial charge >= 0.3 is 0 Å². The molecule has 22 heavy (non-hydrogen) atoms. The molecule has 8 heteroatoms. The van der Waals surface area contributed by atoms with Crippen LogP contribution in [0.5, 0.6) is 5.75 Å². The predicted octanol–water partition coefficient (Wildman–Crippen LogP) is 2.10. The highest BCUT2D eigenvalue weighted by molar-refractivity contribution is 7.91. The molecule has 1 fully saturated rings. The van der Waals surface area contributed by atoms with E-state index in [1.165, 1.54) is 31.5 Å². The van der Waals surface area contributed by atoms with Crippen LogP contribution >= 0.6 is 11.6 Å². The minimum absolute atomic E-state index is 0.287. The molecule has 1 aromatic carbocycles. The maximum absolute atomic E-state index is 12.5. The molecule has 1 heterocycles. The largest absolute Gasteiger partial charge is 0.495 e. The fraction of sp³-hybridized carbons (Fsp3) is 0.500. The van der Waals surface area contributed by atoms with Crippen molar-refractivity contribution in [1.29, 1.82) is 0 Å². The van der Waals surface area contributed by atoms with Crippen LogP contribution in [0, 0.1) is 0 Å². The van der Waals surface area contributed by atoms with Crippen molar-refractivity contribution in [1.82, 2.24) is 4.31 Å². The van der Waals surface area contributed by atoms with Gasteiger partial charge in [-0.25, -0.2) is 12.7 Å². The maximum atomic E-state index is 12.5. The predicted molar refractivity (Wildman–Crippen MR) is 85.8 cm³/mol. The van der Waals surface area contributed by atoms with Crippen molar-refractivity contribution in [2.24, 2.45) is 0 Å². The lowest BCUT2D eigenvalue weighted by Crippen LogP contribution is -2.56. The summed E-state index contributed by atoms with van der Waals surface area (Å²) in [5, 5.41) is 2.98. The summed E-state index contributed by atoms with van der Waals surface area (Å²) in [5.74, 6) is -0.0730. The minimum Gasteiger partial charge on any atom is -0.495 e. The Morgan fingerprint density at radius 3 is 2.73 bits per heavy atom. The van der Waals surface area contributed by atoms with E-state index in [1.807, 2.05) is 0 Å². The topological polar surface area (TPSA) is 75.7 Å². The van der Waals surface area contributed by atoms with E-state index in [9.17, 15) is 13.2 Å². The number of rotatable bonds is 3. The van der Waals surface area contributed by atoms with Crippen LogP contribution in [0.4, 0.5) is 5.69 Å². The quantitative estimate of drug-likeness (QED) is 0.909. The molecule has 0 bridgehead atoms. The summed E-state index contributed by atoms with van der Waals surface area (Å²) >= 11 is 6.01. The van der Waals surface area contributed by atoms with E-state index in [0.29, 0.717) is 29.4 Å². The monoisotopic (exact) mass is 346 g/mol. The van der Waals surface area contributed by atoms with Gasteiger partial charge in [0.1, 0.15) is 5.75 Å². The number of carbonyl (C=O) groups is 1. The minimum atomic E-state index is -3.68. The maximum Gasteiger partial charge on any atom is 0.246 e. The summed E-state index contributed by atoms with van der Waals surface area (Å²) in [6.45, 7) is 1.89. The molecule has 0 aliphatic carbocycles. The number of hydrogen-bond donors (Lipinski definition) is 1. The first-order valence-corrected chi connectivity index (χ1v) is 8.65. The first-order valence-electron chi connectivity index (χ1n) is 6.83. The van der Waals surface area contributed by atoms with Gasteiger partial charge in [0, 0.05) is 19.3 Å². The molecular weight excluding hydrogens is 328 g/mol. The molecule has 1 aliphatic rings. The molecule has 2 rings (SSSR count). The van der Waals surface area contributed by atoms with Gasteiger partial charge < -0.3 is 10.1 Å². The van der Waals surface area contributed by atoms with Crippen LogP contribution < -0.4 is 10.1 Å². The van der Waals surface area contributed by atoms with Crippen molar-refractivity contribution in [2.75, 3.05) is 26.0 Å². The SMILES string of the molecule is COc1ccc(NC(=O)C2(C)CCCN(C)S2(=O)=O)cc1Cl. The first-order chi connectivity index (χ1) is 10.2. The molecule has 0 aromatic heterocycles. The van der Waals surface area contributed by atoms with Gasteiger partial charge in [-0.15, -0.1) is 0 Å². The Balaban J connectivity index is 2.26. The van der Waals surface area contributed by atoms with E-state index >= 15 is 0 Å². The fourth-order valence-electron chi connectivity index (χ4n) is 2.47. The third-order valence-corrected chi connectivity index (χ3v) is 6.82. The molecule has 0 radical (unpaired) electrons. The number of methoxy groups -OCH3 is 1. The summed E-state index contributed by atoms with van der Waals surface area (Å²) in [7, 11) is -0.699. The molecule has 1 saturated heterocycles. The Hall–Kier alpha value is -1.31. The van der Waals surface area contributed by atoms with E-state index in [-0.39, 0.29) is 6.42 Å². The molecular formula is C14H19ClN2O4S. The van der Waals surface area contributed by atoms with Gasteiger partial charge in [0.25, 0.3) is 0 Å². The van der Waals surface area contributed by atoms with Gasteiger partial charge in [0.15, 0.2) is 4.75 Å². The van der Waals surface area contributed by atoms with Crippen LogP contribution in [0.15, 0.2) is 18.2 Å². The molecule has 6 nitrogen and oxygen atoms in total. The van der Waals surface area contributed by atoms with E-state index < -0.39 is 20.7 Å². The molecule has 1 amide bonds. The van der Waals surface area contributed by atoms with Crippen molar-refractivity contribution in [2.45, 2.75) is 24.5 Å². The zero-order chi connectivity index (χ0) is 16.5. The van der Waals surface area contributed by atoms with Gasteiger partial charge in [-0.1, -0.05) is 11.6 Å². The second-order valence-electron chi connectivity index (χ2n) is 5.46. The third kappa shape index (κ3) is 2.80. The third-order valence-electron chi connectivity index (χ3n) is 4.00. The van der Waals surface area contributed by atoms with Crippen molar-refractivity contribution in [3.8, 4) is 5.75 Å².